The van der Waals surface area contributed by atoms with E-state index in [2.05, 4.69) is 43.5 Å². The molecule has 9 heteroatoms. The smallest absolute Gasteiger partial charge is 0.268 e. The van der Waals surface area contributed by atoms with Crippen LogP contribution in [0.3, 0.4) is 0 Å². The third kappa shape index (κ3) is 58.4. The van der Waals surface area contributed by atoms with E-state index in [0.717, 1.165) is 38.5 Å². The zero-order valence-electron chi connectivity index (χ0n) is 50.1. The van der Waals surface area contributed by atoms with Crippen molar-refractivity contribution in [1.82, 2.24) is 5.32 Å². The number of quaternary nitrogens is 1. The number of aliphatic hydroxyl groups is 1. The lowest BCUT2D eigenvalue weighted by molar-refractivity contribution is -0.870. The average molecular weight is 1060 g/mol. The number of hydrogen-bond acceptors (Lipinski definition) is 6. The molecule has 0 aromatic carbocycles. The van der Waals surface area contributed by atoms with Crippen LogP contribution in [0.25, 0.3) is 0 Å². The number of phosphoric ester groups is 1. The molecule has 0 aromatic heterocycles. The summed E-state index contributed by atoms with van der Waals surface area (Å²) in [5.74, 6) is -0.201. The van der Waals surface area contributed by atoms with Crippen molar-refractivity contribution in [3.05, 3.63) is 36.5 Å². The van der Waals surface area contributed by atoms with Gasteiger partial charge in [0.05, 0.1) is 39.9 Å². The first-order valence-corrected chi connectivity index (χ1v) is 33.8. The number of phosphoric acid groups is 1. The second kappa shape index (κ2) is 56.4. The van der Waals surface area contributed by atoms with Crippen LogP contribution >= 0.6 is 7.82 Å². The van der Waals surface area contributed by atoms with Crippen molar-refractivity contribution < 1.29 is 32.9 Å². The molecule has 0 saturated carbocycles. The second-order valence-corrected chi connectivity index (χ2v) is 24.9. The minimum atomic E-state index is -4.61. The number of carbonyl (C=O) groups excluding carboxylic acids is 1. The standard InChI is InChI=1S/C65H127N2O6P/c1-6-8-10-12-14-16-18-20-22-24-26-28-29-30-31-32-33-34-35-36-37-39-41-43-45-47-49-51-53-55-57-59-65(69)66-63(62-73-74(70,71)72-61-60-67(3,4)5)64(68)58-56-54-52-50-48-46-44-42-40-38-27-25-23-21-19-17-15-13-11-9-7-2/h24,26,48,50,56,58,63-64,68H,6-23,25,27-47,49,51-55,57,59-62H2,1-5H3,(H-,66,69,70,71)/b26-24-,50-48+,58-56+. The molecule has 0 aliphatic carbocycles. The van der Waals surface area contributed by atoms with Gasteiger partial charge in [-0.05, 0) is 57.8 Å². The lowest BCUT2D eigenvalue weighted by Gasteiger charge is -2.29. The molecular formula is C65H127N2O6P. The van der Waals surface area contributed by atoms with Crippen molar-refractivity contribution >= 4 is 13.7 Å². The Hall–Kier alpha value is -1.28. The number of nitrogens with zero attached hydrogens (tertiary/aromatic N) is 1. The SMILES string of the molecule is CCCCCCCCCC/C=C\CCCCCCCCCCCCCCCCCCCCCC(=O)NC(COP(=O)([O-])OCC[N+](C)(C)C)C(O)/C=C/CC/C=C/CCCCCCCCCCCCCCCCC. The summed E-state index contributed by atoms with van der Waals surface area (Å²) >= 11 is 0. The molecule has 74 heavy (non-hydrogen) atoms. The number of nitrogens with one attached hydrogen (secondary N) is 1. The van der Waals surface area contributed by atoms with E-state index in [1.165, 1.54) is 263 Å². The van der Waals surface area contributed by atoms with Crippen LogP contribution in [-0.2, 0) is 18.4 Å². The average Bonchev–Trinajstić information content (AvgIpc) is 3.36. The van der Waals surface area contributed by atoms with Crippen LogP contribution in [0.2, 0.25) is 0 Å². The zero-order chi connectivity index (χ0) is 54.2. The Kier molecular flexibility index (Phi) is 55.5. The Labute approximate surface area is 461 Å². The Balaban J connectivity index is 4.09. The molecule has 0 bridgehead atoms. The number of hydrogen-bond donors (Lipinski definition) is 2. The Morgan fingerprint density at radius 3 is 1.09 bits per heavy atom. The van der Waals surface area contributed by atoms with Gasteiger partial charge in [-0.1, -0.05) is 294 Å². The summed E-state index contributed by atoms with van der Waals surface area (Å²) < 4.78 is 23.4. The molecule has 0 aromatic rings. The van der Waals surface area contributed by atoms with E-state index in [0.29, 0.717) is 17.4 Å². The molecule has 3 unspecified atom stereocenters. The summed E-state index contributed by atoms with van der Waals surface area (Å²) in [7, 11) is 1.26. The van der Waals surface area contributed by atoms with Gasteiger partial charge in [-0.3, -0.25) is 9.36 Å². The molecule has 3 atom stereocenters. The molecule has 438 valence electrons. The third-order valence-electron chi connectivity index (χ3n) is 14.8. The molecule has 0 aliphatic rings. The van der Waals surface area contributed by atoms with Gasteiger partial charge in [-0.15, -0.1) is 0 Å². The maximum atomic E-state index is 13.0. The number of carbonyl (C=O) groups is 1. The van der Waals surface area contributed by atoms with Gasteiger partial charge < -0.3 is 28.8 Å². The Bertz CT molecular complexity index is 1300. The third-order valence-corrected chi connectivity index (χ3v) is 15.8. The molecule has 8 nitrogen and oxygen atoms in total. The maximum Gasteiger partial charge on any atom is 0.268 e. The first kappa shape index (κ1) is 72.7. The van der Waals surface area contributed by atoms with E-state index in [-0.39, 0.29) is 19.1 Å². The number of rotatable bonds is 60. The van der Waals surface area contributed by atoms with Crippen molar-refractivity contribution in [3.63, 3.8) is 0 Å². The fraction of sp³-hybridized carbons (Fsp3) is 0.892. The summed E-state index contributed by atoms with van der Waals surface area (Å²) in [6.45, 7) is 4.67. The van der Waals surface area contributed by atoms with Gasteiger partial charge in [-0.25, -0.2) is 0 Å². The summed E-state index contributed by atoms with van der Waals surface area (Å²) in [4.78, 5) is 25.6. The van der Waals surface area contributed by atoms with Gasteiger partial charge in [-0.2, -0.15) is 0 Å². The van der Waals surface area contributed by atoms with Gasteiger partial charge in [0, 0.05) is 6.42 Å². The Morgan fingerprint density at radius 1 is 0.459 bits per heavy atom. The number of amides is 1. The molecule has 0 heterocycles. The predicted octanol–water partition coefficient (Wildman–Crippen LogP) is 19.5. The maximum absolute atomic E-state index is 13.0. The highest BCUT2D eigenvalue weighted by Crippen LogP contribution is 2.38. The molecule has 0 spiro atoms. The van der Waals surface area contributed by atoms with Crippen LogP contribution in [0, 0.1) is 0 Å². The first-order chi connectivity index (χ1) is 36.0. The Morgan fingerprint density at radius 2 is 0.757 bits per heavy atom. The van der Waals surface area contributed by atoms with Gasteiger partial charge in [0.25, 0.3) is 7.82 Å². The molecule has 0 radical (unpaired) electrons. The fourth-order valence-electron chi connectivity index (χ4n) is 9.76. The van der Waals surface area contributed by atoms with Gasteiger partial charge in [0.2, 0.25) is 5.91 Å². The van der Waals surface area contributed by atoms with Crippen molar-refractivity contribution in [2.45, 2.75) is 334 Å². The van der Waals surface area contributed by atoms with Crippen LogP contribution in [0.5, 0.6) is 0 Å². The summed E-state index contributed by atoms with van der Waals surface area (Å²) in [5.41, 5.74) is 0. The number of unbranched alkanes of at least 4 members (excludes halogenated alkanes) is 43. The van der Waals surface area contributed by atoms with Crippen molar-refractivity contribution in [2.24, 2.45) is 0 Å². The summed E-state index contributed by atoms with van der Waals surface area (Å²) in [6.07, 6.45) is 74.0. The highest BCUT2D eigenvalue weighted by molar-refractivity contribution is 7.45. The number of aliphatic hydroxyl groups excluding tert-OH is 1. The van der Waals surface area contributed by atoms with Crippen LogP contribution in [0.1, 0.15) is 322 Å². The minimum absolute atomic E-state index is 0.00463. The van der Waals surface area contributed by atoms with E-state index in [9.17, 15) is 19.4 Å². The molecule has 0 saturated heterocycles. The molecule has 0 rings (SSSR count). The molecule has 2 N–H and O–H groups in total. The van der Waals surface area contributed by atoms with Crippen LogP contribution in [0.15, 0.2) is 36.5 Å². The number of likely N-dealkylation sites (N-methyl/N-ethyl adjacent to an activating group) is 1. The fourth-order valence-corrected chi connectivity index (χ4v) is 10.5. The van der Waals surface area contributed by atoms with Crippen LogP contribution in [-0.4, -0.2) is 68.5 Å². The zero-order valence-corrected chi connectivity index (χ0v) is 51.0. The highest BCUT2D eigenvalue weighted by Gasteiger charge is 2.23. The lowest BCUT2D eigenvalue weighted by Crippen LogP contribution is -2.45. The summed E-state index contributed by atoms with van der Waals surface area (Å²) in [6, 6.07) is -0.902. The van der Waals surface area contributed by atoms with Crippen molar-refractivity contribution in [1.29, 1.82) is 0 Å². The van der Waals surface area contributed by atoms with Crippen LogP contribution < -0.4 is 10.2 Å². The van der Waals surface area contributed by atoms with Gasteiger partial charge >= 0.3 is 0 Å². The lowest BCUT2D eigenvalue weighted by atomic mass is 10.0. The van der Waals surface area contributed by atoms with Gasteiger partial charge in [0.1, 0.15) is 13.2 Å². The summed E-state index contributed by atoms with van der Waals surface area (Å²) in [5, 5.41) is 13.9. The second-order valence-electron chi connectivity index (χ2n) is 23.5. The monoisotopic (exact) mass is 1060 g/mol. The van der Waals surface area contributed by atoms with E-state index < -0.39 is 20.0 Å². The normalized spacial score (nSPS) is 14.0. The first-order valence-electron chi connectivity index (χ1n) is 32.4. The molecule has 1 amide bonds. The quantitative estimate of drug-likeness (QED) is 0.0272. The van der Waals surface area contributed by atoms with Gasteiger partial charge in [0.15, 0.2) is 0 Å². The topological polar surface area (TPSA) is 108 Å². The predicted molar refractivity (Wildman–Crippen MR) is 321 cm³/mol. The highest BCUT2D eigenvalue weighted by atomic mass is 31.2. The van der Waals surface area contributed by atoms with Crippen LogP contribution in [0.4, 0.5) is 0 Å². The van der Waals surface area contributed by atoms with E-state index >= 15 is 0 Å². The molecular weight excluding hydrogens is 936 g/mol. The largest absolute Gasteiger partial charge is 0.756 e. The van der Waals surface area contributed by atoms with Crippen molar-refractivity contribution in [2.75, 3.05) is 40.9 Å². The van der Waals surface area contributed by atoms with E-state index in [1.54, 1.807) is 6.08 Å². The van der Waals surface area contributed by atoms with E-state index in [4.69, 9.17) is 9.05 Å². The van der Waals surface area contributed by atoms with E-state index in [1.807, 2.05) is 27.2 Å². The molecule has 0 aliphatic heterocycles. The number of allylic oxidation sites excluding steroid dienone is 5. The van der Waals surface area contributed by atoms with Crippen molar-refractivity contribution in [3.8, 4) is 0 Å². The minimum Gasteiger partial charge on any atom is -0.756 e. The molecule has 0 fully saturated rings.